The van der Waals surface area contributed by atoms with Gasteiger partial charge in [-0.05, 0) is 31.2 Å². The molecule has 0 aliphatic carbocycles. The van der Waals surface area contributed by atoms with Crippen LogP contribution in [0, 0.1) is 0 Å². The summed E-state index contributed by atoms with van der Waals surface area (Å²) in [6.45, 7) is 1.83. The van der Waals surface area contributed by atoms with Crippen LogP contribution in [0.4, 0.5) is 4.79 Å². The van der Waals surface area contributed by atoms with Crippen molar-refractivity contribution in [1.82, 2.24) is 10.6 Å². The van der Waals surface area contributed by atoms with Gasteiger partial charge in [0.05, 0.1) is 23.6 Å². The molecule has 1 aromatic carbocycles. The highest BCUT2D eigenvalue weighted by molar-refractivity contribution is 7.85. The Hall–Kier alpha value is -2.12. The molecular formula is C16H20N2O4S. The Balaban J connectivity index is 1.70. The molecule has 6 nitrogen and oxygen atoms in total. The summed E-state index contributed by atoms with van der Waals surface area (Å²) in [6, 6.07) is 12.0. The van der Waals surface area contributed by atoms with Crippen molar-refractivity contribution in [3.8, 4) is 0 Å². The zero-order valence-electron chi connectivity index (χ0n) is 12.8. The van der Waals surface area contributed by atoms with E-state index in [-0.39, 0.29) is 13.1 Å². The van der Waals surface area contributed by atoms with Gasteiger partial charge in [-0.25, -0.2) is 4.79 Å². The van der Waals surface area contributed by atoms with Crippen LogP contribution in [-0.2, 0) is 16.4 Å². The fourth-order valence-corrected chi connectivity index (χ4v) is 2.92. The molecule has 0 aliphatic heterocycles. The quantitative estimate of drug-likeness (QED) is 0.716. The van der Waals surface area contributed by atoms with E-state index in [9.17, 15) is 14.1 Å². The Labute approximate surface area is 137 Å². The lowest BCUT2D eigenvalue weighted by Crippen LogP contribution is -2.44. The molecule has 2 aromatic rings. The topological polar surface area (TPSA) is 91.6 Å². The van der Waals surface area contributed by atoms with Crippen LogP contribution in [-0.4, -0.2) is 34.2 Å². The van der Waals surface area contributed by atoms with Crippen LogP contribution in [0.2, 0.25) is 0 Å². The van der Waals surface area contributed by atoms with Gasteiger partial charge < -0.3 is 20.2 Å². The van der Waals surface area contributed by atoms with Gasteiger partial charge in [-0.1, -0.05) is 18.2 Å². The molecule has 0 radical (unpaired) electrons. The number of hydrogen-bond acceptors (Lipinski definition) is 4. The van der Waals surface area contributed by atoms with E-state index in [2.05, 4.69) is 10.6 Å². The van der Waals surface area contributed by atoms with Gasteiger partial charge in [0.2, 0.25) is 0 Å². The van der Waals surface area contributed by atoms with Gasteiger partial charge in [-0.15, -0.1) is 0 Å². The van der Waals surface area contributed by atoms with Crippen molar-refractivity contribution in [3.05, 3.63) is 54.5 Å². The molecule has 3 N–H and O–H groups in total. The number of carbonyl (C=O) groups excluding carboxylic acids is 1. The molecule has 124 valence electrons. The zero-order chi connectivity index (χ0) is 16.7. The number of rotatable bonds is 7. The SMILES string of the molecule is CC(O)(CNC(=O)NCCS(=O)c1ccccc1)c1ccco1. The minimum Gasteiger partial charge on any atom is -0.466 e. The Morgan fingerprint density at radius 1 is 1.22 bits per heavy atom. The van der Waals surface area contributed by atoms with Crippen LogP contribution in [0.3, 0.4) is 0 Å². The first-order valence-corrected chi connectivity index (χ1v) is 8.52. The molecule has 2 amide bonds. The molecule has 7 heteroatoms. The minimum absolute atomic E-state index is 0.00806. The summed E-state index contributed by atoms with van der Waals surface area (Å²) in [6.07, 6.45) is 1.46. The van der Waals surface area contributed by atoms with E-state index in [1.54, 1.807) is 31.2 Å². The number of benzene rings is 1. The van der Waals surface area contributed by atoms with Crippen LogP contribution in [0.5, 0.6) is 0 Å². The smallest absolute Gasteiger partial charge is 0.314 e. The average Bonchev–Trinajstić information content (AvgIpc) is 3.09. The van der Waals surface area contributed by atoms with Crippen LogP contribution in [0.25, 0.3) is 0 Å². The van der Waals surface area contributed by atoms with Crippen molar-refractivity contribution in [2.75, 3.05) is 18.8 Å². The molecule has 0 saturated carbocycles. The van der Waals surface area contributed by atoms with Gasteiger partial charge in [0, 0.05) is 17.2 Å². The molecule has 0 aliphatic rings. The van der Waals surface area contributed by atoms with Gasteiger partial charge >= 0.3 is 6.03 Å². The molecule has 0 bridgehead atoms. The highest BCUT2D eigenvalue weighted by Gasteiger charge is 2.26. The van der Waals surface area contributed by atoms with Crippen molar-refractivity contribution < 1.29 is 18.5 Å². The number of furan rings is 1. The third-order valence-electron chi connectivity index (χ3n) is 3.22. The van der Waals surface area contributed by atoms with E-state index < -0.39 is 22.4 Å². The third-order valence-corrected chi connectivity index (χ3v) is 4.60. The lowest BCUT2D eigenvalue weighted by atomic mass is 10.0. The first kappa shape index (κ1) is 17.2. The summed E-state index contributed by atoms with van der Waals surface area (Å²) < 4.78 is 17.1. The predicted octanol–water partition coefficient (Wildman–Crippen LogP) is 1.59. The van der Waals surface area contributed by atoms with Crippen LogP contribution < -0.4 is 10.6 Å². The lowest BCUT2D eigenvalue weighted by Gasteiger charge is -2.21. The van der Waals surface area contributed by atoms with Crippen molar-refractivity contribution in [2.45, 2.75) is 17.4 Å². The molecular weight excluding hydrogens is 316 g/mol. The first-order valence-electron chi connectivity index (χ1n) is 7.20. The van der Waals surface area contributed by atoms with Crippen molar-refractivity contribution in [1.29, 1.82) is 0 Å². The number of carbonyl (C=O) groups is 1. The molecule has 1 aromatic heterocycles. The fourth-order valence-electron chi connectivity index (χ4n) is 1.93. The number of nitrogens with one attached hydrogen (secondary N) is 2. The maximum absolute atomic E-state index is 12.0. The summed E-state index contributed by atoms with van der Waals surface area (Å²) in [7, 11) is -1.15. The first-order chi connectivity index (χ1) is 11.0. The maximum Gasteiger partial charge on any atom is 0.314 e. The largest absolute Gasteiger partial charge is 0.466 e. The van der Waals surface area contributed by atoms with Gasteiger partial charge in [0.15, 0.2) is 0 Å². The molecule has 0 spiro atoms. The Kier molecular flexibility index (Phi) is 5.95. The van der Waals surface area contributed by atoms with E-state index >= 15 is 0 Å². The zero-order valence-corrected chi connectivity index (χ0v) is 13.6. The minimum atomic E-state index is -1.28. The third kappa shape index (κ3) is 5.22. The Bertz CT molecular complexity index is 641. The van der Waals surface area contributed by atoms with Crippen molar-refractivity contribution >= 4 is 16.8 Å². The Morgan fingerprint density at radius 3 is 2.61 bits per heavy atom. The number of aliphatic hydroxyl groups is 1. The lowest BCUT2D eigenvalue weighted by molar-refractivity contribution is 0.0368. The highest BCUT2D eigenvalue weighted by atomic mass is 32.2. The summed E-state index contributed by atoms with van der Waals surface area (Å²) in [4.78, 5) is 12.4. The van der Waals surface area contributed by atoms with E-state index in [1.807, 2.05) is 18.2 Å². The normalized spacial score (nSPS) is 14.7. The average molecular weight is 336 g/mol. The molecule has 2 atom stereocenters. The summed E-state index contributed by atoms with van der Waals surface area (Å²) in [5.74, 6) is 0.703. The number of amides is 2. The highest BCUT2D eigenvalue weighted by Crippen LogP contribution is 2.19. The molecule has 23 heavy (non-hydrogen) atoms. The van der Waals surface area contributed by atoms with Gasteiger partial charge in [0.1, 0.15) is 11.4 Å². The number of hydrogen-bond donors (Lipinski definition) is 3. The molecule has 2 rings (SSSR count). The van der Waals surface area contributed by atoms with Crippen molar-refractivity contribution in [2.24, 2.45) is 0 Å². The van der Waals surface area contributed by atoms with Crippen LogP contribution in [0.1, 0.15) is 12.7 Å². The van der Waals surface area contributed by atoms with Gasteiger partial charge in [-0.3, -0.25) is 4.21 Å². The molecule has 0 fully saturated rings. The Morgan fingerprint density at radius 2 is 1.96 bits per heavy atom. The van der Waals surface area contributed by atoms with Crippen LogP contribution in [0.15, 0.2) is 58.0 Å². The van der Waals surface area contributed by atoms with E-state index in [1.165, 1.54) is 6.26 Å². The summed E-state index contributed by atoms with van der Waals surface area (Å²) >= 11 is 0. The standard InChI is InChI=1S/C16H20N2O4S/c1-16(20,14-8-5-10-22-14)12-18-15(19)17-9-11-23(21)13-6-3-2-4-7-13/h2-8,10,20H,9,11-12H2,1H3,(H2,17,18,19). The second-order valence-corrected chi connectivity index (χ2v) is 6.79. The molecule has 0 saturated heterocycles. The monoisotopic (exact) mass is 336 g/mol. The maximum atomic E-state index is 12.0. The van der Waals surface area contributed by atoms with Gasteiger partial charge in [-0.2, -0.15) is 0 Å². The van der Waals surface area contributed by atoms with Gasteiger partial charge in [0.25, 0.3) is 0 Å². The van der Waals surface area contributed by atoms with E-state index in [0.717, 1.165) is 4.90 Å². The summed E-state index contributed by atoms with van der Waals surface area (Å²) in [5, 5.41) is 15.4. The predicted molar refractivity (Wildman–Crippen MR) is 87.4 cm³/mol. The van der Waals surface area contributed by atoms with Crippen LogP contribution >= 0.6 is 0 Å². The van der Waals surface area contributed by atoms with E-state index in [4.69, 9.17) is 4.42 Å². The summed E-state index contributed by atoms with van der Waals surface area (Å²) in [5.41, 5.74) is -1.28. The second kappa shape index (κ2) is 7.94. The second-order valence-electron chi connectivity index (χ2n) is 5.22. The molecule has 1 heterocycles. The fraction of sp³-hybridized carbons (Fsp3) is 0.312. The van der Waals surface area contributed by atoms with E-state index in [0.29, 0.717) is 11.5 Å². The van der Waals surface area contributed by atoms with Crippen molar-refractivity contribution in [3.63, 3.8) is 0 Å². The number of urea groups is 1. The molecule has 2 unspecified atom stereocenters.